The Kier molecular flexibility index (Phi) is 5.06. The van der Waals surface area contributed by atoms with Crippen LogP contribution in [0.3, 0.4) is 0 Å². The third kappa shape index (κ3) is 3.30. The van der Waals surface area contributed by atoms with Gasteiger partial charge in [0.05, 0.1) is 0 Å². The first-order valence-electron chi connectivity index (χ1n) is 1.72. The van der Waals surface area contributed by atoms with Gasteiger partial charge in [-0.15, -0.1) is 0 Å². The number of rotatable bonds is 2. The van der Waals surface area contributed by atoms with Gasteiger partial charge in [-0.1, -0.05) is 0 Å². The fourth-order valence-electron chi connectivity index (χ4n) is 0.118. The SMILES string of the molecule is CN[CH]([Sn])SC. The van der Waals surface area contributed by atoms with E-state index in [0.29, 0.717) is 3.39 Å². The van der Waals surface area contributed by atoms with Crippen molar-refractivity contribution in [3.63, 3.8) is 0 Å². The van der Waals surface area contributed by atoms with Gasteiger partial charge >= 0.3 is 56.3 Å². The Labute approximate surface area is 56.4 Å². The number of hydrogen-bond acceptors (Lipinski definition) is 2. The second-order valence-electron chi connectivity index (χ2n) is 0.904. The molecule has 3 radical (unpaired) electrons. The zero-order chi connectivity index (χ0) is 4.99. The summed E-state index contributed by atoms with van der Waals surface area (Å²) >= 11 is 3.41. The van der Waals surface area contributed by atoms with E-state index in [1.54, 1.807) is 22.5 Å². The fraction of sp³-hybridized carbons (Fsp3) is 1.00. The Morgan fingerprint density at radius 2 is 2.33 bits per heavy atom. The van der Waals surface area contributed by atoms with E-state index in [4.69, 9.17) is 0 Å². The second-order valence-corrected chi connectivity index (χ2v) is 4.69. The third-order valence-corrected chi connectivity index (χ3v) is 4.05. The first-order chi connectivity index (χ1) is 2.81. The fourth-order valence-corrected chi connectivity index (χ4v) is 0.354. The van der Waals surface area contributed by atoms with Gasteiger partial charge in [-0.2, -0.15) is 0 Å². The van der Waals surface area contributed by atoms with E-state index in [0.717, 1.165) is 0 Å². The maximum absolute atomic E-state index is 3.12. The quantitative estimate of drug-likeness (QED) is 0.508. The molecule has 3 heteroatoms. The summed E-state index contributed by atoms with van der Waals surface area (Å²) in [5.74, 6) is 0. The zero-order valence-electron chi connectivity index (χ0n) is 3.99. The van der Waals surface area contributed by atoms with Gasteiger partial charge in [0.2, 0.25) is 0 Å². The van der Waals surface area contributed by atoms with Crippen LogP contribution in [-0.2, 0) is 0 Å². The molecule has 0 heterocycles. The molecule has 0 spiro atoms. The molecule has 0 aliphatic heterocycles. The van der Waals surface area contributed by atoms with Gasteiger partial charge in [-0.3, -0.25) is 0 Å². The summed E-state index contributed by atoms with van der Waals surface area (Å²) in [6.07, 6.45) is 2.11. The molecule has 35 valence electrons. The first-order valence-corrected chi connectivity index (χ1v) is 4.66. The normalized spacial score (nSPS) is 14.5. The van der Waals surface area contributed by atoms with E-state index in [-0.39, 0.29) is 0 Å². The summed E-state index contributed by atoms with van der Waals surface area (Å²) in [7, 11) is 1.98. The Hall–Kier alpha value is 1.11. The minimum atomic E-state index is 0.692. The second kappa shape index (κ2) is 4.27. The van der Waals surface area contributed by atoms with Crippen molar-refractivity contribution in [2.45, 2.75) is 3.39 Å². The van der Waals surface area contributed by atoms with Crippen LogP contribution in [0.15, 0.2) is 0 Å². The molecule has 0 aliphatic carbocycles. The standard InChI is InChI=1S/C3H8NS.Sn/c1-4-3-5-2;/h3-4H,1-2H3;. The van der Waals surface area contributed by atoms with Crippen molar-refractivity contribution in [2.24, 2.45) is 0 Å². The Bertz CT molecular complexity index is 30.0. The maximum atomic E-state index is 3.12. The van der Waals surface area contributed by atoms with Crippen LogP contribution in [0.4, 0.5) is 0 Å². The van der Waals surface area contributed by atoms with Gasteiger partial charge in [0.1, 0.15) is 0 Å². The summed E-state index contributed by atoms with van der Waals surface area (Å²) in [5, 5.41) is 3.12. The zero-order valence-corrected chi connectivity index (χ0v) is 7.66. The molecule has 0 saturated heterocycles. The molecule has 0 aromatic carbocycles. The van der Waals surface area contributed by atoms with Crippen LogP contribution < -0.4 is 5.32 Å². The molecule has 0 aromatic rings. The molecular formula is C3H8NSSn. The predicted octanol–water partition coefficient (Wildman–Crippen LogP) is 0.0209. The van der Waals surface area contributed by atoms with Crippen LogP contribution in [0, 0.1) is 0 Å². The van der Waals surface area contributed by atoms with Gasteiger partial charge in [-0.25, -0.2) is 0 Å². The summed E-state index contributed by atoms with van der Waals surface area (Å²) in [4.78, 5) is 0. The van der Waals surface area contributed by atoms with Gasteiger partial charge in [0.25, 0.3) is 0 Å². The van der Waals surface area contributed by atoms with Crippen LogP contribution in [0.2, 0.25) is 0 Å². The molecule has 0 aliphatic rings. The molecule has 1 nitrogen and oxygen atoms in total. The molecular weight excluding hydrogens is 201 g/mol. The molecule has 0 amide bonds. The van der Waals surface area contributed by atoms with Crippen molar-refractivity contribution in [1.82, 2.24) is 5.32 Å². The first kappa shape index (κ1) is 7.11. The molecule has 0 fully saturated rings. The summed E-state index contributed by atoms with van der Waals surface area (Å²) in [6, 6.07) is 0. The monoisotopic (exact) mass is 210 g/mol. The van der Waals surface area contributed by atoms with Crippen LogP contribution >= 0.6 is 11.8 Å². The number of hydrogen-bond donors (Lipinski definition) is 1. The molecule has 0 bridgehead atoms. The Morgan fingerprint density at radius 1 is 1.83 bits per heavy atom. The molecule has 6 heavy (non-hydrogen) atoms. The predicted molar refractivity (Wildman–Crippen MR) is 32.1 cm³/mol. The molecule has 1 N–H and O–H groups in total. The molecule has 0 rings (SSSR count). The van der Waals surface area contributed by atoms with E-state index in [9.17, 15) is 0 Å². The topological polar surface area (TPSA) is 12.0 Å². The average molecular weight is 209 g/mol. The number of nitrogens with one attached hydrogen (secondary N) is 1. The van der Waals surface area contributed by atoms with E-state index < -0.39 is 0 Å². The number of thioether (sulfide) groups is 1. The van der Waals surface area contributed by atoms with E-state index in [1.807, 2.05) is 18.8 Å². The summed E-state index contributed by atoms with van der Waals surface area (Å²) < 4.78 is 0.692. The van der Waals surface area contributed by atoms with E-state index in [2.05, 4.69) is 11.6 Å². The van der Waals surface area contributed by atoms with Gasteiger partial charge in [0, 0.05) is 0 Å². The van der Waals surface area contributed by atoms with Crippen molar-refractivity contribution in [2.75, 3.05) is 13.3 Å². The van der Waals surface area contributed by atoms with Gasteiger partial charge in [-0.05, 0) is 0 Å². The van der Waals surface area contributed by atoms with Gasteiger partial charge in [0.15, 0.2) is 0 Å². The molecule has 1 unspecified atom stereocenters. The van der Waals surface area contributed by atoms with Crippen LogP contribution in [0.5, 0.6) is 0 Å². The molecule has 0 saturated carbocycles. The summed E-state index contributed by atoms with van der Waals surface area (Å²) in [6.45, 7) is 0. The Balaban J connectivity index is 2.75. The molecule has 1 atom stereocenters. The van der Waals surface area contributed by atoms with Crippen molar-refractivity contribution in [3.05, 3.63) is 0 Å². The van der Waals surface area contributed by atoms with Crippen molar-refractivity contribution in [3.8, 4) is 0 Å². The Morgan fingerprint density at radius 3 is 2.33 bits per heavy atom. The van der Waals surface area contributed by atoms with Gasteiger partial charge < -0.3 is 0 Å². The average Bonchev–Trinajstić information content (AvgIpc) is 1.65. The van der Waals surface area contributed by atoms with Crippen molar-refractivity contribution >= 4 is 34.3 Å². The van der Waals surface area contributed by atoms with Crippen LogP contribution in [0.25, 0.3) is 0 Å². The van der Waals surface area contributed by atoms with Crippen molar-refractivity contribution in [1.29, 1.82) is 0 Å². The summed E-state index contributed by atoms with van der Waals surface area (Å²) in [5.41, 5.74) is 0. The molecule has 0 aromatic heterocycles. The van der Waals surface area contributed by atoms with Crippen LogP contribution in [0.1, 0.15) is 0 Å². The van der Waals surface area contributed by atoms with Crippen molar-refractivity contribution < 1.29 is 0 Å². The minimum absolute atomic E-state index is 0.692. The van der Waals surface area contributed by atoms with E-state index >= 15 is 0 Å². The third-order valence-electron chi connectivity index (χ3n) is 0.498. The van der Waals surface area contributed by atoms with E-state index in [1.165, 1.54) is 0 Å². The van der Waals surface area contributed by atoms with Crippen LogP contribution in [-0.4, -0.2) is 39.2 Å².